The number of nitrogens with zero attached hydrogens (tertiary/aromatic N) is 5. The van der Waals surface area contributed by atoms with Crippen LogP contribution in [-0.4, -0.2) is 56.3 Å². The highest BCUT2D eigenvalue weighted by Crippen LogP contribution is 2.24. The van der Waals surface area contributed by atoms with Crippen LogP contribution in [0.5, 0.6) is 5.75 Å². The van der Waals surface area contributed by atoms with E-state index in [-0.39, 0.29) is 11.8 Å². The Morgan fingerprint density at radius 3 is 2.32 bits per heavy atom. The molecule has 0 bridgehead atoms. The molecule has 1 aromatic heterocycles. The summed E-state index contributed by atoms with van der Waals surface area (Å²) in [6.45, 7) is 0.818. The number of fused-ring (bicyclic) bond motifs is 1. The molecule has 1 aliphatic heterocycles. The third-order valence-electron chi connectivity index (χ3n) is 4.41. The van der Waals surface area contributed by atoms with E-state index in [9.17, 15) is 9.59 Å². The zero-order valence-electron chi connectivity index (χ0n) is 15.1. The molecule has 142 valence electrons. The molecule has 0 N–H and O–H groups in total. The average molecular weight is 395 g/mol. The highest BCUT2D eigenvalue weighted by molar-refractivity contribution is 7.99. The molecule has 2 aromatic carbocycles. The Labute approximate surface area is 165 Å². The van der Waals surface area contributed by atoms with E-state index in [2.05, 4.69) is 15.5 Å². The number of tetrazole rings is 1. The summed E-state index contributed by atoms with van der Waals surface area (Å²) < 4.78 is 6.85. The van der Waals surface area contributed by atoms with E-state index in [1.165, 1.54) is 16.7 Å². The minimum atomic E-state index is -0.251. The molecule has 3 aromatic rings. The number of carbonyl (C=O) groups is 2. The molecule has 8 nitrogen and oxygen atoms in total. The summed E-state index contributed by atoms with van der Waals surface area (Å²) in [5, 5.41) is 12.4. The Bertz CT molecular complexity index is 983. The molecule has 0 radical (unpaired) electrons. The lowest BCUT2D eigenvalue weighted by molar-refractivity contribution is 0.0664. The number of benzene rings is 2. The van der Waals surface area contributed by atoms with Gasteiger partial charge in [0.05, 0.1) is 24.8 Å². The molecule has 0 saturated carbocycles. The number of imide groups is 1. The molecule has 2 heterocycles. The zero-order valence-corrected chi connectivity index (χ0v) is 15.9. The molecular weight excluding hydrogens is 378 g/mol. The van der Waals surface area contributed by atoms with Gasteiger partial charge in [-0.2, -0.15) is 0 Å². The summed E-state index contributed by atoms with van der Waals surface area (Å²) in [6, 6.07) is 14.5. The van der Waals surface area contributed by atoms with Crippen molar-refractivity contribution in [2.75, 3.05) is 19.4 Å². The Hall–Kier alpha value is -3.20. The van der Waals surface area contributed by atoms with Crippen molar-refractivity contribution in [1.29, 1.82) is 0 Å². The van der Waals surface area contributed by atoms with Gasteiger partial charge in [0.1, 0.15) is 5.75 Å². The van der Waals surface area contributed by atoms with Gasteiger partial charge in [-0.25, -0.2) is 4.68 Å². The number of aromatic nitrogens is 4. The van der Waals surface area contributed by atoms with Crippen LogP contribution in [0.3, 0.4) is 0 Å². The van der Waals surface area contributed by atoms with Crippen LogP contribution < -0.4 is 4.74 Å². The Morgan fingerprint density at radius 2 is 1.68 bits per heavy atom. The van der Waals surface area contributed by atoms with Crippen LogP contribution in [0.15, 0.2) is 53.7 Å². The first-order chi connectivity index (χ1) is 13.7. The van der Waals surface area contributed by atoms with Crippen molar-refractivity contribution in [2.45, 2.75) is 11.7 Å². The third-order valence-corrected chi connectivity index (χ3v) is 5.35. The third kappa shape index (κ3) is 3.48. The SMILES string of the molecule is COc1ccc(Cn2nnnc2SCCN2C(=O)c3ccccc3C2=O)cc1. The zero-order chi connectivity index (χ0) is 19.5. The predicted molar refractivity (Wildman–Crippen MR) is 102 cm³/mol. The van der Waals surface area contributed by atoms with Gasteiger partial charge in [0.25, 0.3) is 11.8 Å². The topological polar surface area (TPSA) is 90.2 Å². The van der Waals surface area contributed by atoms with Crippen LogP contribution in [0.2, 0.25) is 0 Å². The fraction of sp³-hybridized carbons (Fsp3) is 0.211. The number of hydrogen-bond donors (Lipinski definition) is 0. The lowest BCUT2D eigenvalue weighted by Crippen LogP contribution is -2.31. The molecule has 0 saturated heterocycles. The minimum Gasteiger partial charge on any atom is -0.497 e. The quantitative estimate of drug-likeness (QED) is 0.447. The first kappa shape index (κ1) is 18.2. The average Bonchev–Trinajstić information content (AvgIpc) is 3.26. The maximum absolute atomic E-state index is 12.4. The van der Waals surface area contributed by atoms with Crippen LogP contribution in [0, 0.1) is 0 Å². The van der Waals surface area contributed by atoms with Gasteiger partial charge in [-0.15, -0.1) is 5.10 Å². The van der Waals surface area contributed by atoms with Crippen molar-refractivity contribution >= 4 is 23.6 Å². The van der Waals surface area contributed by atoms with Gasteiger partial charge >= 0.3 is 0 Å². The lowest BCUT2D eigenvalue weighted by atomic mass is 10.1. The van der Waals surface area contributed by atoms with Crippen molar-refractivity contribution in [3.05, 3.63) is 65.2 Å². The molecule has 1 aliphatic rings. The van der Waals surface area contributed by atoms with Gasteiger partial charge in [-0.1, -0.05) is 36.0 Å². The fourth-order valence-electron chi connectivity index (χ4n) is 2.97. The van der Waals surface area contributed by atoms with Crippen molar-refractivity contribution in [2.24, 2.45) is 0 Å². The van der Waals surface area contributed by atoms with E-state index in [0.29, 0.717) is 35.1 Å². The van der Waals surface area contributed by atoms with Gasteiger partial charge in [0.15, 0.2) is 0 Å². The van der Waals surface area contributed by atoms with Crippen molar-refractivity contribution in [3.8, 4) is 5.75 Å². The van der Waals surface area contributed by atoms with Gasteiger partial charge in [-0.05, 0) is 40.3 Å². The van der Waals surface area contributed by atoms with Crippen LogP contribution >= 0.6 is 11.8 Å². The minimum absolute atomic E-state index is 0.251. The molecule has 2 amide bonds. The first-order valence-corrected chi connectivity index (χ1v) is 9.63. The number of methoxy groups -OCH3 is 1. The van der Waals surface area contributed by atoms with Crippen molar-refractivity contribution in [3.63, 3.8) is 0 Å². The number of carbonyl (C=O) groups excluding carboxylic acids is 2. The number of amides is 2. The Kier molecular flexibility index (Phi) is 5.07. The normalized spacial score (nSPS) is 13.1. The summed E-state index contributed by atoms with van der Waals surface area (Å²) >= 11 is 1.41. The van der Waals surface area contributed by atoms with E-state index in [1.54, 1.807) is 36.1 Å². The summed E-state index contributed by atoms with van der Waals surface area (Å²) in [6.07, 6.45) is 0. The van der Waals surface area contributed by atoms with E-state index >= 15 is 0 Å². The summed E-state index contributed by atoms with van der Waals surface area (Å²) in [5.74, 6) is 0.795. The smallest absolute Gasteiger partial charge is 0.261 e. The van der Waals surface area contributed by atoms with Crippen LogP contribution in [0.4, 0.5) is 0 Å². The van der Waals surface area contributed by atoms with Crippen LogP contribution in [-0.2, 0) is 6.54 Å². The number of ether oxygens (including phenoxy) is 1. The van der Waals surface area contributed by atoms with Crippen molar-refractivity contribution in [1.82, 2.24) is 25.1 Å². The van der Waals surface area contributed by atoms with Gasteiger partial charge in [-0.3, -0.25) is 14.5 Å². The molecular formula is C19H17N5O3S. The summed E-state index contributed by atoms with van der Waals surface area (Å²) in [4.78, 5) is 26.1. The maximum atomic E-state index is 12.4. The van der Waals surface area contributed by atoms with Gasteiger partial charge < -0.3 is 4.74 Å². The molecule has 4 rings (SSSR count). The first-order valence-electron chi connectivity index (χ1n) is 8.64. The van der Waals surface area contributed by atoms with E-state index in [0.717, 1.165) is 11.3 Å². The van der Waals surface area contributed by atoms with Gasteiger partial charge in [0.2, 0.25) is 5.16 Å². The highest BCUT2D eigenvalue weighted by atomic mass is 32.2. The number of hydrogen-bond acceptors (Lipinski definition) is 7. The molecule has 0 fully saturated rings. The van der Waals surface area contributed by atoms with Crippen molar-refractivity contribution < 1.29 is 14.3 Å². The Balaban J connectivity index is 1.37. The number of thioether (sulfide) groups is 1. The molecule has 9 heteroatoms. The second-order valence-corrected chi connectivity index (χ2v) is 7.19. The largest absolute Gasteiger partial charge is 0.497 e. The van der Waals surface area contributed by atoms with Crippen LogP contribution in [0.25, 0.3) is 0 Å². The molecule has 0 spiro atoms. The van der Waals surface area contributed by atoms with E-state index < -0.39 is 0 Å². The lowest BCUT2D eigenvalue weighted by Gasteiger charge is -2.13. The maximum Gasteiger partial charge on any atom is 0.261 e. The standard InChI is InChI=1S/C19H17N5O3S/c1-27-14-8-6-13(7-9-14)12-24-19(20-21-22-24)28-11-10-23-17(25)15-4-2-3-5-16(15)18(23)26/h2-9H,10-12H2,1H3. The predicted octanol–water partition coefficient (Wildman–Crippen LogP) is 2.12. The summed E-state index contributed by atoms with van der Waals surface area (Å²) in [7, 11) is 1.62. The summed E-state index contributed by atoms with van der Waals surface area (Å²) in [5.41, 5.74) is 1.96. The number of rotatable bonds is 7. The molecule has 28 heavy (non-hydrogen) atoms. The highest BCUT2D eigenvalue weighted by Gasteiger charge is 2.34. The molecule has 0 aliphatic carbocycles. The van der Waals surface area contributed by atoms with E-state index in [4.69, 9.17) is 4.74 Å². The second-order valence-electron chi connectivity index (χ2n) is 6.12. The van der Waals surface area contributed by atoms with Crippen LogP contribution in [0.1, 0.15) is 26.3 Å². The molecule has 0 unspecified atom stereocenters. The molecule has 0 atom stereocenters. The van der Waals surface area contributed by atoms with Gasteiger partial charge in [0, 0.05) is 12.3 Å². The monoisotopic (exact) mass is 395 g/mol. The van der Waals surface area contributed by atoms with E-state index in [1.807, 2.05) is 24.3 Å². The fourth-order valence-corrected chi connectivity index (χ4v) is 3.77. The Morgan fingerprint density at radius 1 is 1.00 bits per heavy atom. The second kappa shape index (κ2) is 7.81.